The summed E-state index contributed by atoms with van der Waals surface area (Å²) >= 11 is 0. The molecule has 140 valence electrons. The van der Waals surface area contributed by atoms with Crippen molar-refractivity contribution >= 4 is 10.8 Å². The van der Waals surface area contributed by atoms with Crippen LogP contribution in [0, 0.1) is 5.82 Å². The maximum absolute atomic E-state index is 14.4. The van der Waals surface area contributed by atoms with Crippen LogP contribution in [0.2, 0.25) is 0 Å². The van der Waals surface area contributed by atoms with E-state index in [-0.39, 0.29) is 5.39 Å². The van der Waals surface area contributed by atoms with Gasteiger partial charge in [0.15, 0.2) is 18.2 Å². The molecule has 0 unspecified atom stereocenters. The summed E-state index contributed by atoms with van der Waals surface area (Å²) in [5.41, 5.74) is 3.09. The molecule has 0 spiro atoms. The molecular weight excluding hydrogens is 356 g/mol. The smallest absolute Gasteiger partial charge is 0.422 e. The van der Waals surface area contributed by atoms with Crippen molar-refractivity contribution in [2.24, 2.45) is 0 Å². The van der Waals surface area contributed by atoms with Gasteiger partial charge in [0.05, 0.1) is 0 Å². The van der Waals surface area contributed by atoms with Gasteiger partial charge in [0.1, 0.15) is 0 Å². The molecule has 3 aromatic rings. The molecule has 0 atom stereocenters. The van der Waals surface area contributed by atoms with Crippen molar-refractivity contribution in [2.45, 2.75) is 19.0 Å². The summed E-state index contributed by atoms with van der Waals surface area (Å²) in [6, 6.07) is 16.0. The summed E-state index contributed by atoms with van der Waals surface area (Å²) in [5.74, 6) is -1.19. The number of fused-ring (bicyclic) bond motifs is 1. The molecule has 0 radical (unpaired) electrons. The minimum absolute atomic E-state index is 0.223. The first kappa shape index (κ1) is 19.0. The summed E-state index contributed by atoms with van der Waals surface area (Å²) in [5, 5.41) is 0.820. The van der Waals surface area contributed by atoms with E-state index in [9.17, 15) is 17.6 Å². The lowest BCUT2D eigenvalue weighted by Crippen LogP contribution is -2.19. The zero-order chi connectivity index (χ0) is 19.4. The molecule has 3 rings (SSSR count). The summed E-state index contributed by atoms with van der Waals surface area (Å²) < 4.78 is 55.8. The second kappa shape index (κ2) is 7.82. The molecule has 0 heterocycles. The van der Waals surface area contributed by atoms with Gasteiger partial charge in [-0.1, -0.05) is 48.5 Å². The van der Waals surface area contributed by atoms with Crippen molar-refractivity contribution in [3.05, 3.63) is 78.6 Å². The number of hydrogen-bond acceptors (Lipinski definition) is 1. The molecule has 0 N–H and O–H groups in total. The van der Waals surface area contributed by atoms with Crippen molar-refractivity contribution in [2.75, 3.05) is 6.61 Å². The Kier molecular flexibility index (Phi) is 5.49. The number of halogens is 4. The van der Waals surface area contributed by atoms with Crippen LogP contribution >= 0.6 is 0 Å². The van der Waals surface area contributed by atoms with Gasteiger partial charge in [-0.15, -0.1) is 6.58 Å². The van der Waals surface area contributed by atoms with Crippen LogP contribution in [0.3, 0.4) is 0 Å². The van der Waals surface area contributed by atoms with Gasteiger partial charge in [-0.25, -0.2) is 4.39 Å². The van der Waals surface area contributed by atoms with Gasteiger partial charge in [-0.3, -0.25) is 0 Å². The zero-order valence-corrected chi connectivity index (χ0v) is 14.5. The summed E-state index contributed by atoms with van der Waals surface area (Å²) in [4.78, 5) is 0. The van der Waals surface area contributed by atoms with Crippen LogP contribution in [-0.4, -0.2) is 12.8 Å². The Morgan fingerprint density at radius 2 is 1.63 bits per heavy atom. The van der Waals surface area contributed by atoms with Gasteiger partial charge in [0.25, 0.3) is 0 Å². The first-order valence-electron chi connectivity index (χ1n) is 8.49. The van der Waals surface area contributed by atoms with E-state index < -0.39 is 24.3 Å². The Labute approximate surface area is 154 Å². The number of benzene rings is 3. The minimum atomic E-state index is -4.51. The largest absolute Gasteiger partial charge is 0.481 e. The van der Waals surface area contributed by atoms with Crippen molar-refractivity contribution in [1.82, 2.24) is 0 Å². The van der Waals surface area contributed by atoms with Crippen LogP contribution in [0.1, 0.15) is 12.0 Å². The van der Waals surface area contributed by atoms with Crippen molar-refractivity contribution in [3.8, 4) is 16.9 Å². The lowest BCUT2D eigenvalue weighted by Gasteiger charge is -2.12. The topological polar surface area (TPSA) is 9.23 Å². The van der Waals surface area contributed by atoms with E-state index in [1.54, 1.807) is 18.2 Å². The highest BCUT2D eigenvalue weighted by atomic mass is 19.4. The van der Waals surface area contributed by atoms with E-state index in [1.807, 2.05) is 36.4 Å². The molecule has 0 aliphatic heterocycles. The predicted molar refractivity (Wildman–Crippen MR) is 99.4 cm³/mol. The van der Waals surface area contributed by atoms with Gasteiger partial charge in [0.2, 0.25) is 0 Å². The van der Waals surface area contributed by atoms with E-state index in [0.29, 0.717) is 5.39 Å². The fourth-order valence-electron chi connectivity index (χ4n) is 2.86. The quantitative estimate of drug-likeness (QED) is 0.344. The minimum Gasteiger partial charge on any atom is -0.481 e. The molecule has 0 aliphatic carbocycles. The molecule has 5 heteroatoms. The Morgan fingerprint density at radius 1 is 0.926 bits per heavy atom. The number of ether oxygens (including phenoxy) is 1. The Balaban J connectivity index is 1.86. The average Bonchev–Trinajstić information content (AvgIpc) is 2.65. The van der Waals surface area contributed by atoms with E-state index >= 15 is 0 Å². The van der Waals surface area contributed by atoms with E-state index in [4.69, 9.17) is 0 Å². The summed E-state index contributed by atoms with van der Waals surface area (Å²) in [6.07, 6.45) is -0.803. The number of allylic oxidation sites excluding steroid dienone is 1. The van der Waals surface area contributed by atoms with Gasteiger partial charge >= 0.3 is 6.18 Å². The van der Waals surface area contributed by atoms with Crippen LogP contribution in [0.15, 0.2) is 67.3 Å². The second-order valence-electron chi connectivity index (χ2n) is 6.24. The molecule has 0 fully saturated rings. The Hall–Kier alpha value is -2.82. The van der Waals surface area contributed by atoms with Gasteiger partial charge < -0.3 is 4.74 Å². The molecule has 3 aromatic carbocycles. The summed E-state index contributed by atoms with van der Waals surface area (Å²) in [7, 11) is 0. The highest BCUT2D eigenvalue weighted by Crippen LogP contribution is 2.31. The third-order valence-corrected chi connectivity index (χ3v) is 4.23. The van der Waals surface area contributed by atoms with Crippen LogP contribution < -0.4 is 4.74 Å². The van der Waals surface area contributed by atoms with Gasteiger partial charge in [-0.2, -0.15) is 13.2 Å². The number of hydrogen-bond donors (Lipinski definition) is 0. The average molecular weight is 374 g/mol. The SMILES string of the molecule is C=CCCc1ccc(-c2ccc3c(F)c(OCC(F)(F)F)ccc3c2)cc1. The first-order chi connectivity index (χ1) is 12.9. The first-order valence-corrected chi connectivity index (χ1v) is 8.49. The lowest BCUT2D eigenvalue weighted by atomic mass is 9.99. The number of alkyl halides is 3. The van der Waals surface area contributed by atoms with Crippen molar-refractivity contribution in [3.63, 3.8) is 0 Å². The number of aryl methyl sites for hydroxylation is 1. The standard InChI is InChI=1S/C22H18F4O/c1-2-3-4-15-5-7-16(8-6-15)17-9-11-19-18(13-17)10-12-20(21(19)23)27-14-22(24,25)26/h2,5-13H,1,3-4,14H2. The Bertz CT molecular complexity index is 943. The van der Waals surface area contributed by atoms with E-state index in [0.717, 1.165) is 24.0 Å². The van der Waals surface area contributed by atoms with Crippen LogP contribution in [-0.2, 0) is 6.42 Å². The fraction of sp³-hybridized carbons (Fsp3) is 0.182. The monoisotopic (exact) mass is 374 g/mol. The Morgan fingerprint density at radius 3 is 2.30 bits per heavy atom. The van der Waals surface area contributed by atoms with Crippen molar-refractivity contribution < 1.29 is 22.3 Å². The maximum atomic E-state index is 14.4. The van der Waals surface area contributed by atoms with Gasteiger partial charge in [-0.05, 0) is 47.1 Å². The van der Waals surface area contributed by atoms with Crippen LogP contribution in [0.5, 0.6) is 5.75 Å². The van der Waals surface area contributed by atoms with E-state index in [1.165, 1.54) is 11.6 Å². The highest BCUT2D eigenvalue weighted by Gasteiger charge is 2.29. The maximum Gasteiger partial charge on any atom is 0.422 e. The number of rotatable bonds is 6. The molecular formula is C22H18F4O. The molecule has 0 aliphatic rings. The van der Waals surface area contributed by atoms with Crippen LogP contribution in [0.25, 0.3) is 21.9 Å². The fourth-order valence-corrected chi connectivity index (χ4v) is 2.86. The van der Waals surface area contributed by atoms with Crippen LogP contribution in [0.4, 0.5) is 17.6 Å². The molecule has 0 saturated carbocycles. The second-order valence-corrected chi connectivity index (χ2v) is 6.24. The molecule has 0 bridgehead atoms. The molecule has 0 saturated heterocycles. The molecule has 1 nitrogen and oxygen atoms in total. The van der Waals surface area contributed by atoms with E-state index in [2.05, 4.69) is 11.3 Å². The zero-order valence-electron chi connectivity index (χ0n) is 14.5. The molecule has 27 heavy (non-hydrogen) atoms. The highest BCUT2D eigenvalue weighted by molar-refractivity contribution is 5.89. The molecule has 0 amide bonds. The lowest BCUT2D eigenvalue weighted by molar-refractivity contribution is -0.153. The predicted octanol–water partition coefficient (Wildman–Crippen LogP) is 6.71. The third-order valence-electron chi connectivity index (χ3n) is 4.23. The summed E-state index contributed by atoms with van der Waals surface area (Å²) in [6.45, 7) is 2.19. The van der Waals surface area contributed by atoms with Gasteiger partial charge in [0, 0.05) is 5.39 Å². The van der Waals surface area contributed by atoms with Crippen molar-refractivity contribution in [1.29, 1.82) is 0 Å². The normalized spacial score (nSPS) is 11.6. The third kappa shape index (κ3) is 4.67. The molecule has 0 aromatic heterocycles.